The molecule has 2 aromatic heterocycles. The molecule has 2 heterocycles. The van der Waals surface area contributed by atoms with Crippen LogP contribution in [-0.4, -0.2) is 48.2 Å². The highest BCUT2D eigenvalue weighted by Gasteiger charge is 2.20. The average Bonchev–Trinajstić information content (AvgIpc) is 3.04. The van der Waals surface area contributed by atoms with E-state index in [2.05, 4.69) is 10.3 Å². The van der Waals surface area contributed by atoms with Crippen molar-refractivity contribution >= 4 is 40.3 Å². The minimum absolute atomic E-state index is 0.00938. The van der Waals surface area contributed by atoms with Gasteiger partial charge in [0.2, 0.25) is 5.95 Å². The summed E-state index contributed by atoms with van der Waals surface area (Å²) in [7, 11) is 2.91. The lowest BCUT2D eigenvalue weighted by Gasteiger charge is -2.13. The summed E-state index contributed by atoms with van der Waals surface area (Å²) in [6.45, 7) is -0.200. The Morgan fingerprint density at radius 1 is 1.18 bits per heavy atom. The van der Waals surface area contributed by atoms with Crippen LogP contribution in [0, 0.1) is 0 Å². The summed E-state index contributed by atoms with van der Waals surface area (Å²) < 4.78 is 3.87. The van der Waals surface area contributed by atoms with E-state index < -0.39 is 24.0 Å². The first kappa shape index (κ1) is 20.4. The zero-order valence-corrected chi connectivity index (χ0v) is 16.7. The second-order valence-corrected chi connectivity index (χ2v) is 7.18. The summed E-state index contributed by atoms with van der Waals surface area (Å²) in [5.41, 5.74) is 0.182. The summed E-state index contributed by atoms with van der Waals surface area (Å²) >= 11 is 12.1. The highest BCUT2D eigenvalue weighted by atomic mass is 35.5. The molecule has 3 aromatic rings. The SMILES string of the molecule is Cn1c(=O)c2c(nc(NCC(O)CO)n2Cc2ccc(Cl)c(Cl)c2)n(C)c1=O. The van der Waals surface area contributed by atoms with Crippen LogP contribution in [-0.2, 0) is 20.6 Å². The number of halogens is 2. The van der Waals surface area contributed by atoms with Crippen molar-refractivity contribution in [2.45, 2.75) is 12.6 Å². The van der Waals surface area contributed by atoms with Crippen molar-refractivity contribution < 1.29 is 10.2 Å². The Morgan fingerprint density at radius 3 is 2.54 bits per heavy atom. The fourth-order valence-corrected chi connectivity index (χ4v) is 3.15. The normalized spacial score (nSPS) is 12.5. The summed E-state index contributed by atoms with van der Waals surface area (Å²) in [6.07, 6.45) is -1.01. The third kappa shape index (κ3) is 3.66. The first-order valence-electron chi connectivity index (χ1n) is 8.37. The van der Waals surface area contributed by atoms with E-state index in [4.69, 9.17) is 28.3 Å². The van der Waals surface area contributed by atoms with Crippen LogP contribution in [0.15, 0.2) is 27.8 Å². The maximum Gasteiger partial charge on any atom is 0.332 e. The Balaban J connectivity index is 2.19. The molecule has 1 atom stereocenters. The van der Waals surface area contributed by atoms with E-state index in [1.807, 2.05) is 0 Å². The molecule has 0 bridgehead atoms. The van der Waals surface area contributed by atoms with Crippen molar-refractivity contribution in [3.63, 3.8) is 0 Å². The third-order valence-electron chi connectivity index (χ3n) is 4.38. The highest BCUT2D eigenvalue weighted by molar-refractivity contribution is 6.42. The number of aliphatic hydroxyl groups excluding tert-OH is 2. The van der Waals surface area contributed by atoms with Gasteiger partial charge in [-0.25, -0.2) is 4.79 Å². The van der Waals surface area contributed by atoms with Crippen molar-refractivity contribution in [1.82, 2.24) is 18.7 Å². The van der Waals surface area contributed by atoms with Gasteiger partial charge in [-0.1, -0.05) is 29.3 Å². The molecule has 28 heavy (non-hydrogen) atoms. The van der Waals surface area contributed by atoms with Crippen LogP contribution in [0.1, 0.15) is 5.56 Å². The number of fused-ring (bicyclic) bond motifs is 1. The van der Waals surface area contributed by atoms with Gasteiger partial charge in [-0.05, 0) is 17.7 Å². The Kier molecular flexibility index (Phi) is 5.80. The maximum atomic E-state index is 12.8. The zero-order valence-electron chi connectivity index (χ0n) is 15.2. The lowest BCUT2D eigenvalue weighted by molar-refractivity contribution is 0.105. The van der Waals surface area contributed by atoms with Crippen molar-refractivity contribution in [2.24, 2.45) is 14.1 Å². The van der Waals surface area contributed by atoms with Crippen LogP contribution in [0.2, 0.25) is 10.0 Å². The minimum atomic E-state index is -1.01. The van der Waals surface area contributed by atoms with Gasteiger partial charge in [-0.3, -0.25) is 18.5 Å². The predicted molar refractivity (Wildman–Crippen MR) is 107 cm³/mol. The van der Waals surface area contributed by atoms with Crippen LogP contribution in [0.4, 0.5) is 5.95 Å². The second kappa shape index (κ2) is 7.96. The molecule has 1 aromatic carbocycles. The monoisotopic (exact) mass is 427 g/mol. The third-order valence-corrected chi connectivity index (χ3v) is 5.12. The number of nitrogens with zero attached hydrogens (tertiary/aromatic N) is 4. The topological polar surface area (TPSA) is 114 Å². The number of hydrogen-bond acceptors (Lipinski definition) is 6. The molecule has 0 fully saturated rings. The number of imidazole rings is 1. The molecule has 9 nitrogen and oxygen atoms in total. The molecule has 3 rings (SSSR count). The molecular weight excluding hydrogens is 409 g/mol. The summed E-state index contributed by atoms with van der Waals surface area (Å²) in [4.78, 5) is 29.4. The van der Waals surface area contributed by atoms with Crippen molar-refractivity contribution in [3.8, 4) is 0 Å². The summed E-state index contributed by atoms with van der Waals surface area (Å²) in [6, 6.07) is 5.09. The number of anilines is 1. The fourth-order valence-electron chi connectivity index (χ4n) is 2.83. The number of aryl methyl sites for hydroxylation is 1. The predicted octanol–water partition coefficient (Wildman–Crippen LogP) is 0.554. The molecule has 0 radical (unpaired) electrons. The highest BCUT2D eigenvalue weighted by Crippen LogP contribution is 2.24. The number of aliphatic hydroxyl groups is 2. The first-order chi connectivity index (χ1) is 13.2. The quantitative estimate of drug-likeness (QED) is 0.529. The van der Waals surface area contributed by atoms with Gasteiger partial charge in [0.25, 0.3) is 5.56 Å². The Bertz CT molecular complexity index is 1150. The van der Waals surface area contributed by atoms with Gasteiger partial charge in [-0.2, -0.15) is 4.98 Å². The van der Waals surface area contributed by atoms with Crippen molar-refractivity contribution in [1.29, 1.82) is 0 Å². The van der Waals surface area contributed by atoms with Crippen molar-refractivity contribution in [2.75, 3.05) is 18.5 Å². The lowest BCUT2D eigenvalue weighted by atomic mass is 10.2. The Hall–Kier alpha value is -2.33. The maximum absolute atomic E-state index is 12.8. The number of rotatable bonds is 6. The zero-order chi connectivity index (χ0) is 20.6. The molecule has 3 N–H and O–H groups in total. The Labute approximate surface area is 169 Å². The van der Waals surface area contributed by atoms with E-state index in [0.29, 0.717) is 10.0 Å². The molecule has 1 unspecified atom stereocenters. The second-order valence-electron chi connectivity index (χ2n) is 6.37. The molecule has 0 aliphatic carbocycles. The number of benzene rings is 1. The lowest BCUT2D eigenvalue weighted by Crippen LogP contribution is -2.37. The molecule has 0 saturated heterocycles. The molecule has 0 spiro atoms. The van der Waals surface area contributed by atoms with Crippen LogP contribution < -0.4 is 16.6 Å². The van der Waals surface area contributed by atoms with Gasteiger partial charge in [0, 0.05) is 20.6 Å². The number of aromatic nitrogens is 4. The molecule has 0 saturated carbocycles. The van der Waals surface area contributed by atoms with E-state index in [0.717, 1.165) is 10.1 Å². The summed E-state index contributed by atoms with van der Waals surface area (Å²) in [5, 5.41) is 22.4. The number of nitrogens with one attached hydrogen (secondary N) is 1. The van der Waals surface area contributed by atoms with Gasteiger partial charge in [0.15, 0.2) is 11.2 Å². The molecule has 11 heteroatoms. The van der Waals surface area contributed by atoms with Crippen LogP contribution in [0.25, 0.3) is 11.2 Å². The van der Waals surface area contributed by atoms with Crippen LogP contribution in [0.5, 0.6) is 0 Å². The fraction of sp³-hybridized carbons (Fsp3) is 0.353. The smallest absolute Gasteiger partial charge is 0.332 e. The van der Waals surface area contributed by atoms with Crippen LogP contribution in [0.3, 0.4) is 0 Å². The van der Waals surface area contributed by atoms with Crippen molar-refractivity contribution in [3.05, 3.63) is 54.6 Å². The van der Waals surface area contributed by atoms with Crippen LogP contribution >= 0.6 is 23.2 Å². The average molecular weight is 428 g/mol. The van der Waals surface area contributed by atoms with Gasteiger partial charge in [-0.15, -0.1) is 0 Å². The Morgan fingerprint density at radius 2 is 1.89 bits per heavy atom. The first-order valence-corrected chi connectivity index (χ1v) is 9.13. The van der Waals surface area contributed by atoms with Gasteiger partial charge in [0.1, 0.15) is 0 Å². The largest absolute Gasteiger partial charge is 0.394 e. The van der Waals surface area contributed by atoms with E-state index >= 15 is 0 Å². The molecule has 0 amide bonds. The van der Waals surface area contributed by atoms with Gasteiger partial charge >= 0.3 is 5.69 Å². The molecule has 0 aliphatic rings. The molecule has 150 valence electrons. The van der Waals surface area contributed by atoms with Gasteiger partial charge in [0.05, 0.1) is 29.3 Å². The molecular formula is C17H19Cl2N5O4. The molecule has 0 aliphatic heterocycles. The standard InChI is InChI=1S/C17H19Cl2N5O4/c1-22-14-13(15(27)23(2)17(22)28)24(16(21-14)20-6-10(26)8-25)7-9-3-4-11(18)12(19)5-9/h3-5,10,25-26H,6-8H2,1-2H3,(H,20,21). The van der Waals surface area contributed by atoms with E-state index in [1.165, 1.54) is 18.7 Å². The van der Waals surface area contributed by atoms with E-state index in [1.54, 1.807) is 22.8 Å². The van der Waals surface area contributed by atoms with E-state index in [-0.39, 0.29) is 30.2 Å². The summed E-state index contributed by atoms with van der Waals surface area (Å²) in [5.74, 6) is 0.270. The number of hydrogen-bond donors (Lipinski definition) is 3. The van der Waals surface area contributed by atoms with Gasteiger partial charge < -0.3 is 15.5 Å². The minimum Gasteiger partial charge on any atom is -0.394 e. The van der Waals surface area contributed by atoms with E-state index in [9.17, 15) is 14.7 Å².